The summed E-state index contributed by atoms with van der Waals surface area (Å²) in [5.41, 5.74) is 8.07. The summed E-state index contributed by atoms with van der Waals surface area (Å²) in [5.74, 6) is 1.61. The van der Waals surface area contributed by atoms with Gasteiger partial charge in [0.1, 0.15) is 17.3 Å². The number of aromatic nitrogens is 2. The van der Waals surface area contributed by atoms with Crippen molar-refractivity contribution in [2.75, 3.05) is 38.7 Å². The molecule has 1 fully saturated rings. The largest absolute Gasteiger partial charge is 0.385 e. The van der Waals surface area contributed by atoms with Crippen LogP contribution >= 0.6 is 11.8 Å². The van der Waals surface area contributed by atoms with Gasteiger partial charge in [-0.3, -0.25) is 4.68 Å². The van der Waals surface area contributed by atoms with E-state index in [1.54, 1.807) is 19.4 Å². The van der Waals surface area contributed by atoms with Crippen molar-refractivity contribution in [2.45, 2.75) is 31.7 Å². The number of hydrogen-bond acceptors (Lipinski definition) is 6. The Morgan fingerprint density at radius 3 is 2.59 bits per heavy atom. The molecular formula is C26H36F3N7S. The zero-order chi connectivity index (χ0) is 26.9. The maximum Gasteiger partial charge on any atom is 0.264 e. The average molecular weight is 536 g/mol. The average Bonchev–Trinajstić information content (AvgIpc) is 3.32. The fourth-order valence-corrected chi connectivity index (χ4v) is 5.38. The smallest absolute Gasteiger partial charge is 0.264 e. The van der Waals surface area contributed by atoms with Crippen LogP contribution in [0.3, 0.4) is 0 Å². The Morgan fingerprint density at radius 1 is 1.30 bits per heavy atom. The normalized spacial score (nSPS) is 17.1. The van der Waals surface area contributed by atoms with Crippen LogP contribution < -0.4 is 16.4 Å². The molecular weight excluding hydrogens is 499 g/mol. The predicted molar refractivity (Wildman–Crippen MR) is 147 cm³/mol. The topological polar surface area (TPSA) is 83.5 Å². The third-order valence-electron chi connectivity index (χ3n) is 6.15. The molecule has 37 heavy (non-hydrogen) atoms. The maximum atomic E-state index is 15.0. The van der Waals surface area contributed by atoms with Crippen molar-refractivity contribution < 1.29 is 13.2 Å². The lowest BCUT2D eigenvalue weighted by atomic mass is 10.0. The van der Waals surface area contributed by atoms with E-state index in [1.165, 1.54) is 10.9 Å². The van der Waals surface area contributed by atoms with E-state index >= 15 is 4.39 Å². The van der Waals surface area contributed by atoms with Crippen molar-refractivity contribution in [3.05, 3.63) is 60.0 Å². The first-order valence-corrected chi connectivity index (χ1v) is 13.4. The van der Waals surface area contributed by atoms with Gasteiger partial charge in [-0.1, -0.05) is 6.58 Å². The molecule has 202 valence electrons. The number of halogens is 3. The van der Waals surface area contributed by atoms with Gasteiger partial charge >= 0.3 is 0 Å². The Labute approximate surface area is 221 Å². The van der Waals surface area contributed by atoms with E-state index in [9.17, 15) is 8.78 Å². The number of rotatable bonds is 7. The minimum atomic E-state index is -2.81. The lowest BCUT2D eigenvalue weighted by molar-refractivity contribution is 0.152. The van der Waals surface area contributed by atoms with Crippen LogP contribution in [0.5, 0.6) is 0 Å². The number of thioether (sulfide) groups is 1. The third-order valence-corrected chi connectivity index (χ3v) is 7.20. The zero-order valence-corrected chi connectivity index (χ0v) is 22.4. The quantitative estimate of drug-likeness (QED) is 0.356. The highest BCUT2D eigenvalue weighted by atomic mass is 32.2. The van der Waals surface area contributed by atoms with Crippen LogP contribution in [0.15, 0.2) is 53.6 Å². The molecule has 2 aliphatic heterocycles. The molecule has 0 amide bonds. The van der Waals surface area contributed by atoms with Gasteiger partial charge in [0.25, 0.3) is 6.43 Å². The Bertz CT molecular complexity index is 1120. The molecule has 2 aromatic rings. The van der Waals surface area contributed by atoms with Crippen LogP contribution in [-0.4, -0.2) is 65.2 Å². The number of alkyl halides is 2. The number of nitrogens with one attached hydrogen (secondary N) is 2. The highest BCUT2D eigenvalue weighted by molar-refractivity contribution is 7.99. The molecule has 1 aromatic heterocycles. The molecule has 0 radical (unpaired) electrons. The van der Waals surface area contributed by atoms with Crippen molar-refractivity contribution in [3.63, 3.8) is 0 Å². The van der Waals surface area contributed by atoms with Gasteiger partial charge in [-0.2, -0.15) is 16.9 Å². The maximum absolute atomic E-state index is 15.0. The highest BCUT2D eigenvalue weighted by Gasteiger charge is 2.24. The molecule has 2 aliphatic rings. The summed E-state index contributed by atoms with van der Waals surface area (Å²) in [4.78, 5) is 6.29. The molecule has 0 unspecified atom stereocenters. The molecule has 1 saturated heterocycles. The molecule has 0 bridgehead atoms. The fraction of sp³-hybridized carbons (Fsp3) is 0.462. The molecule has 11 heteroatoms. The van der Waals surface area contributed by atoms with E-state index in [4.69, 9.17) is 5.73 Å². The van der Waals surface area contributed by atoms with Gasteiger partial charge in [-0.05, 0) is 62.3 Å². The van der Waals surface area contributed by atoms with Gasteiger partial charge in [0.15, 0.2) is 0 Å². The number of nitrogens with zero attached hydrogens (tertiary/aromatic N) is 4. The van der Waals surface area contributed by atoms with Gasteiger partial charge in [-0.15, -0.1) is 0 Å². The summed E-state index contributed by atoms with van der Waals surface area (Å²) < 4.78 is 44.3. The number of amidine groups is 1. The lowest BCUT2D eigenvalue weighted by Gasteiger charge is -2.33. The molecule has 0 saturated carbocycles. The van der Waals surface area contributed by atoms with Gasteiger partial charge in [0.05, 0.1) is 6.20 Å². The van der Waals surface area contributed by atoms with Crippen LogP contribution in [0.4, 0.5) is 18.9 Å². The monoisotopic (exact) mass is 535 g/mol. The van der Waals surface area contributed by atoms with E-state index in [1.807, 2.05) is 30.8 Å². The Morgan fingerprint density at radius 2 is 2.00 bits per heavy atom. The molecule has 4 N–H and O–H groups in total. The number of nitrogens with two attached hydrogens (primary N) is 1. The second kappa shape index (κ2) is 13.6. The van der Waals surface area contributed by atoms with Crippen molar-refractivity contribution in [1.29, 1.82) is 0 Å². The van der Waals surface area contributed by atoms with E-state index in [0.717, 1.165) is 60.7 Å². The highest BCUT2D eigenvalue weighted by Crippen LogP contribution is 2.36. The SMILES string of the molecule is C=CN1CCC(NC2CCSCC2)=C(C(N)=Nc2cc(C(F)F)c(-c3cnn(C)c3)cc2F)C1.CNC. The molecule has 0 aliphatic carbocycles. The Kier molecular flexibility index (Phi) is 10.5. The standard InChI is InChI=1S/C24H29F3N6S.C2H7N/c1-3-33-7-4-21(30-16-5-8-34-9-6-16)19(14-33)24(28)31-22-11-18(23(26)27)17(10-20(22)25)15-12-29-32(2)13-15;1-3-2/h3,10-13,16,23,30H,1,4-9,14H2,2H3,(H2,28,31);3H,1-2H3. The van der Waals surface area contributed by atoms with Crippen LogP contribution in [0.1, 0.15) is 31.3 Å². The van der Waals surface area contributed by atoms with Gasteiger partial charge in [0.2, 0.25) is 0 Å². The molecule has 0 spiro atoms. The summed E-state index contributed by atoms with van der Waals surface area (Å²) in [5, 5.41) is 10.4. The van der Waals surface area contributed by atoms with Crippen molar-refractivity contribution in [3.8, 4) is 11.1 Å². The third kappa shape index (κ3) is 7.54. The first-order chi connectivity index (χ1) is 17.8. The van der Waals surface area contributed by atoms with Gasteiger partial charge in [0, 0.05) is 61.2 Å². The van der Waals surface area contributed by atoms with Gasteiger partial charge < -0.3 is 21.3 Å². The van der Waals surface area contributed by atoms with Crippen LogP contribution in [0.2, 0.25) is 0 Å². The summed E-state index contributed by atoms with van der Waals surface area (Å²) in [6, 6.07) is 2.51. The summed E-state index contributed by atoms with van der Waals surface area (Å²) in [7, 11) is 5.42. The second-order valence-electron chi connectivity index (χ2n) is 8.98. The molecule has 4 rings (SSSR count). The van der Waals surface area contributed by atoms with Crippen molar-refractivity contribution >= 4 is 23.3 Å². The minimum Gasteiger partial charge on any atom is -0.385 e. The first kappa shape index (κ1) is 28.6. The van der Waals surface area contributed by atoms with Crippen LogP contribution in [0, 0.1) is 5.82 Å². The molecule has 7 nitrogen and oxygen atoms in total. The van der Waals surface area contributed by atoms with E-state index < -0.39 is 12.2 Å². The molecule has 0 atom stereocenters. The van der Waals surface area contributed by atoms with E-state index in [2.05, 4.69) is 27.3 Å². The van der Waals surface area contributed by atoms with E-state index in [-0.39, 0.29) is 22.6 Å². The number of benzene rings is 1. The number of hydrogen-bond donors (Lipinski definition) is 3. The van der Waals surface area contributed by atoms with E-state index in [0.29, 0.717) is 18.2 Å². The van der Waals surface area contributed by atoms with Crippen molar-refractivity contribution in [1.82, 2.24) is 25.3 Å². The number of aryl methyl sites for hydroxylation is 1. The summed E-state index contributed by atoms with van der Waals surface area (Å²) in [6.07, 6.45) is 4.77. The second-order valence-corrected chi connectivity index (χ2v) is 10.2. The zero-order valence-electron chi connectivity index (χ0n) is 21.6. The minimum absolute atomic E-state index is 0.0883. The lowest BCUT2D eigenvalue weighted by Crippen LogP contribution is -2.40. The first-order valence-electron chi connectivity index (χ1n) is 12.2. The Hall–Kier alpha value is -2.92. The van der Waals surface area contributed by atoms with Crippen LogP contribution in [-0.2, 0) is 7.05 Å². The molecule has 1 aromatic carbocycles. The predicted octanol–water partition coefficient (Wildman–Crippen LogP) is 4.58. The summed E-state index contributed by atoms with van der Waals surface area (Å²) >= 11 is 1.95. The summed E-state index contributed by atoms with van der Waals surface area (Å²) in [6.45, 7) is 5.09. The van der Waals surface area contributed by atoms with Gasteiger partial charge in [-0.25, -0.2) is 18.2 Å². The van der Waals surface area contributed by atoms with Crippen LogP contribution in [0.25, 0.3) is 11.1 Å². The van der Waals surface area contributed by atoms with Crippen molar-refractivity contribution in [2.24, 2.45) is 17.8 Å². The number of aliphatic imine (C=N–C) groups is 1. The fourth-order valence-electron chi connectivity index (χ4n) is 4.27. The molecule has 3 heterocycles. The Balaban J connectivity index is 0.00000121.